The number of aliphatic carboxylic acids is 1. The predicted octanol–water partition coefficient (Wildman–Crippen LogP) is 6.50. The first-order valence-electron chi connectivity index (χ1n) is 11.7. The van der Waals surface area contributed by atoms with Gasteiger partial charge in [0, 0.05) is 35.9 Å². The van der Waals surface area contributed by atoms with E-state index in [2.05, 4.69) is 5.32 Å². The van der Waals surface area contributed by atoms with Crippen LogP contribution in [0.25, 0.3) is 10.9 Å². The van der Waals surface area contributed by atoms with Crippen molar-refractivity contribution in [1.82, 2.24) is 9.88 Å². The first-order chi connectivity index (χ1) is 17.1. The Balaban J connectivity index is 1.48. The molecule has 0 aliphatic heterocycles. The molecule has 0 aliphatic carbocycles. The molecule has 186 valence electrons. The number of carbonyl (C=O) groups is 2. The van der Waals surface area contributed by atoms with Crippen LogP contribution in [-0.2, 0) is 24.8 Å². The van der Waals surface area contributed by atoms with E-state index in [-0.39, 0.29) is 12.3 Å². The van der Waals surface area contributed by atoms with Crippen molar-refractivity contribution in [2.75, 3.05) is 0 Å². The van der Waals surface area contributed by atoms with Crippen LogP contribution in [0.15, 0.2) is 54.6 Å². The number of benzene rings is 3. The minimum Gasteiger partial charge on any atom is -0.481 e. The lowest BCUT2D eigenvalue weighted by molar-refractivity contribution is -0.136. The topological polar surface area (TPSA) is 80.6 Å². The van der Waals surface area contributed by atoms with E-state index in [9.17, 15) is 9.59 Å². The molecule has 3 aromatic carbocycles. The molecule has 6 nitrogen and oxygen atoms in total. The highest BCUT2D eigenvalue weighted by molar-refractivity contribution is 6.31. The first kappa shape index (κ1) is 25.3. The minimum absolute atomic E-state index is 0.0973. The molecule has 0 atom stereocenters. The fourth-order valence-electron chi connectivity index (χ4n) is 4.56. The Hall–Kier alpha value is -3.77. The summed E-state index contributed by atoms with van der Waals surface area (Å²) < 4.78 is 7.99. The maximum absolute atomic E-state index is 13.1. The quantitative estimate of drug-likeness (QED) is 0.287. The van der Waals surface area contributed by atoms with Gasteiger partial charge in [-0.05, 0) is 97.5 Å². The van der Waals surface area contributed by atoms with Crippen LogP contribution in [0.3, 0.4) is 0 Å². The smallest absolute Gasteiger partial charge is 0.303 e. The molecule has 0 saturated carbocycles. The van der Waals surface area contributed by atoms with Crippen molar-refractivity contribution in [2.45, 2.75) is 40.2 Å². The second-order valence-corrected chi connectivity index (χ2v) is 9.55. The molecule has 1 heterocycles. The van der Waals surface area contributed by atoms with Crippen molar-refractivity contribution in [3.8, 4) is 11.5 Å². The molecule has 36 heavy (non-hydrogen) atoms. The third-order valence-corrected chi connectivity index (χ3v) is 6.59. The normalized spacial score (nSPS) is 11.0. The Bertz CT molecular complexity index is 1470. The predicted molar refractivity (Wildman–Crippen MR) is 142 cm³/mol. The van der Waals surface area contributed by atoms with E-state index in [1.165, 1.54) is 0 Å². The van der Waals surface area contributed by atoms with Crippen LogP contribution in [0.1, 0.15) is 44.7 Å². The molecule has 4 rings (SSSR count). The maximum atomic E-state index is 13.1. The lowest BCUT2D eigenvalue weighted by Crippen LogP contribution is -2.25. The van der Waals surface area contributed by atoms with Gasteiger partial charge < -0.3 is 19.7 Å². The molecular weight excluding hydrogens is 476 g/mol. The van der Waals surface area contributed by atoms with Crippen molar-refractivity contribution in [2.24, 2.45) is 7.05 Å². The van der Waals surface area contributed by atoms with Crippen LogP contribution in [-0.4, -0.2) is 21.6 Å². The number of ether oxygens (including phenoxy) is 1. The van der Waals surface area contributed by atoms with E-state index in [0.29, 0.717) is 35.2 Å². The molecule has 7 heteroatoms. The van der Waals surface area contributed by atoms with Gasteiger partial charge in [-0.2, -0.15) is 0 Å². The van der Waals surface area contributed by atoms with Crippen LogP contribution in [0.4, 0.5) is 0 Å². The lowest BCUT2D eigenvalue weighted by atomic mass is 10.0. The van der Waals surface area contributed by atoms with E-state index in [1.54, 1.807) is 0 Å². The van der Waals surface area contributed by atoms with Gasteiger partial charge >= 0.3 is 5.97 Å². The monoisotopic (exact) mass is 504 g/mol. The highest BCUT2D eigenvalue weighted by atomic mass is 35.5. The fraction of sp³-hybridized carbons (Fsp3) is 0.241. The Kier molecular flexibility index (Phi) is 7.36. The summed E-state index contributed by atoms with van der Waals surface area (Å²) in [7, 11) is 1.88. The number of halogens is 1. The summed E-state index contributed by atoms with van der Waals surface area (Å²) in [5.74, 6) is 0.386. The first-order valence-corrected chi connectivity index (χ1v) is 12.1. The molecule has 0 saturated heterocycles. The summed E-state index contributed by atoms with van der Waals surface area (Å²) in [6, 6.07) is 17.2. The molecule has 0 aliphatic rings. The number of nitrogens with zero attached hydrogens (tertiary/aromatic N) is 1. The Morgan fingerprint density at radius 2 is 1.78 bits per heavy atom. The van der Waals surface area contributed by atoms with Crippen LogP contribution < -0.4 is 10.1 Å². The number of amides is 1. The third kappa shape index (κ3) is 5.55. The number of aromatic nitrogens is 1. The Morgan fingerprint density at radius 1 is 1.00 bits per heavy atom. The number of fused-ring (bicyclic) bond motifs is 1. The van der Waals surface area contributed by atoms with Crippen molar-refractivity contribution in [3.05, 3.63) is 93.1 Å². The average Bonchev–Trinajstić information content (AvgIpc) is 3.05. The number of carboxylic acids is 1. The summed E-state index contributed by atoms with van der Waals surface area (Å²) in [6.07, 6.45) is 0.582. The molecule has 4 aromatic rings. The molecule has 1 aromatic heterocycles. The van der Waals surface area contributed by atoms with Gasteiger partial charge in [-0.25, -0.2) is 0 Å². The average molecular weight is 505 g/mol. The molecule has 0 spiro atoms. The van der Waals surface area contributed by atoms with Gasteiger partial charge in [-0.3, -0.25) is 9.59 Å². The van der Waals surface area contributed by atoms with Crippen molar-refractivity contribution in [1.29, 1.82) is 0 Å². The summed E-state index contributed by atoms with van der Waals surface area (Å²) in [5, 5.41) is 13.6. The number of rotatable bonds is 8. The van der Waals surface area contributed by atoms with Crippen LogP contribution in [0, 0.1) is 20.8 Å². The Labute approximate surface area is 215 Å². The van der Waals surface area contributed by atoms with Crippen molar-refractivity contribution in [3.63, 3.8) is 0 Å². The largest absolute Gasteiger partial charge is 0.481 e. The third-order valence-electron chi connectivity index (χ3n) is 6.35. The molecule has 2 N–H and O–H groups in total. The number of hydrogen-bond acceptors (Lipinski definition) is 3. The van der Waals surface area contributed by atoms with E-state index in [0.717, 1.165) is 38.7 Å². The fourth-order valence-corrected chi connectivity index (χ4v) is 4.74. The number of nitrogens with one attached hydrogen (secondary N) is 1. The second kappa shape index (κ2) is 10.5. The van der Waals surface area contributed by atoms with Gasteiger partial charge in [0.15, 0.2) is 0 Å². The minimum atomic E-state index is -0.811. The zero-order chi connectivity index (χ0) is 26.0. The van der Waals surface area contributed by atoms with Crippen LogP contribution in [0.2, 0.25) is 5.02 Å². The molecule has 0 unspecified atom stereocenters. The van der Waals surface area contributed by atoms with Crippen LogP contribution >= 0.6 is 11.6 Å². The van der Waals surface area contributed by atoms with Gasteiger partial charge in [-0.15, -0.1) is 0 Å². The molecule has 0 bridgehead atoms. The zero-order valence-corrected chi connectivity index (χ0v) is 21.6. The summed E-state index contributed by atoms with van der Waals surface area (Å²) in [6.45, 7) is 6.22. The Morgan fingerprint density at radius 3 is 2.50 bits per heavy atom. The highest BCUT2D eigenvalue weighted by Crippen LogP contribution is 2.28. The lowest BCUT2D eigenvalue weighted by Gasteiger charge is -2.13. The van der Waals surface area contributed by atoms with Gasteiger partial charge in [0.2, 0.25) is 0 Å². The summed E-state index contributed by atoms with van der Waals surface area (Å²) in [4.78, 5) is 24.0. The van der Waals surface area contributed by atoms with Gasteiger partial charge in [0.1, 0.15) is 17.2 Å². The number of carbonyl (C=O) groups excluding carboxylic acids is 1. The number of aryl methyl sites for hydroxylation is 5. The highest BCUT2D eigenvalue weighted by Gasteiger charge is 2.18. The number of carboxylic acid groups (broad SMARTS) is 1. The van der Waals surface area contributed by atoms with Crippen LogP contribution in [0.5, 0.6) is 11.5 Å². The molecular formula is C29H29ClN2O4. The number of hydrogen-bond donors (Lipinski definition) is 2. The molecule has 1 amide bonds. The maximum Gasteiger partial charge on any atom is 0.303 e. The molecule has 0 radical (unpaired) electrons. The van der Waals surface area contributed by atoms with E-state index < -0.39 is 5.97 Å². The van der Waals surface area contributed by atoms with Crippen molar-refractivity contribution < 1.29 is 19.4 Å². The van der Waals surface area contributed by atoms with E-state index in [1.807, 2.05) is 87.0 Å². The molecule has 0 fully saturated rings. The van der Waals surface area contributed by atoms with E-state index in [4.69, 9.17) is 21.4 Å². The van der Waals surface area contributed by atoms with Gasteiger partial charge in [0.05, 0.1) is 0 Å². The van der Waals surface area contributed by atoms with Gasteiger partial charge in [0.25, 0.3) is 5.91 Å². The summed E-state index contributed by atoms with van der Waals surface area (Å²) in [5.41, 5.74) is 6.37. The standard InChI is InChI=1S/C29H29ClN2O4/c1-17-11-20(14-24(12-17)36-23-8-5-21(18(2)13-23)6-10-27(33)34)16-31-29(35)28-19(3)25-15-22(30)7-9-26(25)32(28)4/h5,7-9,11-15H,6,10,16H2,1-4H3,(H,31,35)(H,33,34). The zero-order valence-electron chi connectivity index (χ0n) is 20.8. The SMILES string of the molecule is Cc1cc(CNC(=O)c2c(C)c3cc(Cl)ccc3n2C)cc(Oc2ccc(CCC(=O)O)c(C)c2)c1. The van der Waals surface area contributed by atoms with Gasteiger partial charge in [-0.1, -0.05) is 23.7 Å². The van der Waals surface area contributed by atoms with Crippen molar-refractivity contribution >= 4 is 34.4 Å². The summed E-state index contributed by atoms with van der Waals surface area (Å²) >= 11 is 6.16. The second-order valence-electron chi connectivity index (χ2n) is 9.12. The van der Waals surface area contributed by atoms with E-state index >= 15 is 0 Å².